The minimum absolute atomic E-state index is 0.0641. The number of nitrogens with zero attached hydrogens (tertiary/aromatic N) is 4. The number of aliphatic hydroxyl groups excluding tert-OH is 1. The van der Waals surface area contributed by atoms with Gasteiger partial charge in [-0.05, 0) is 63.5 Å². The molecule has 4 N–H and O–H groups in total. The molecule has 0 saturated heterocycles. The van der Waals surface area contributed by atoms with Crippen molar-refractivity contribution in [2.24, 2.45) is 11.0 Å². The third-order valence-corrected chi connectivity index (χ3v) is 6.26. The SMILES string of the molecule is CC1=NN(c2ccc(C(=O)O)cc2)C(=O)/C1=C\c1c(C)nn(C2CCC(C(=O)O)CC2O)c1O. The molecule has 2 aliphatic rings. The van der Waals surface area contributed by atoms with E-state index in [9.17, 15) is 29.7 Å². The standard InChI is InChI=1S/C23H24N4O7/c1-11-16(20(29)26(24-11)15-6-3-13(4-7-15)22(31)32)10-17-12(2)25-27(21(17)30)18-8-5-14(23(33)34)9-19(18)28/h3-4,6-7,10,14,18-19,28,30H,5,8-9H2,1-2H3,(H,31,32)(H,33,34)/b16-10-. The molecule has 1 aliphatic heterocycles. The minimum atomic E-state index is -1.08. The molecule has 11 heteroatoms. The van der Waals surface area contributed by atoms with Crippen LogP contribution in [0.2, 0.25) is 0 Å². The molecule has 1 amide bonds. The van der Waals surface area contributed by atoms with E-state index >= 15 is 0 Å². The van der Waals surface area contributed by atoms with Gasteiger partial charge in [-0.2, -0.15) is 15.2 Å². The van der Waals surface area contributed by atoms with Gasteiger partial charge in [0.2, 0.25) is 5.88 Å². The van der Waals surface area contributed by atoms with Crippen molar-refractivity contribution >= 4 is 35.3 Å². The van der Waals surface area contributed by atoms with Gasteiger partial charge in [0, 0.05) is 0 Å². The van der Waals surface area contributed by atoms with Gasteiger partial charge >= 0.3 is 11.9 Å². The van der Waals surface area contributed by atoms with Crippen molar-refractivity contribution in [1.82, 2.24) is 9.78 Å². The van der Waals surface area contributed by atoms with Crippen molar-refractivity contribution in [2.75, 3.05) is 5.01 Å². The summed E-state index contributed by atoms with van der Waals surface area (Å²) in [4.78, 5) is 35.3. The highest BCUT2D eigenvalue weighted by Crippen LogP contribution is 2.37. The number of aromatic nitrogens is 2. The molecular weight excluding hydrogens is 444 g/mol. The number of benzene rings is 1. The minimum Gasteiger partial charge on any atom is -0.493 e. The molecule has 0 bridgehead atoms. The zero-order chi connectivity index (χ0) is 24.7. The van der Waals surface area contributed by atoms with Crippen LogP contribution in [0.25, 0.3) is 6.08 Å². The van der Waals surface area contributed by atoms with Gasteiger partial charge in [0.1, 0.15) is 0 Å². The third-order valence-electron chi connectivity index (χ3n) is 6.26. The van der Waals surface area contributed by atoms with Crippen LogP contribution in [0.1, 0.15) is 53.8 Å². The lowest BCUT2D eigenvalue weighted by molar-refractivity contribution is -0.145. The second-order valence-electron chi connectivity index (χ2n) is 8.46. The molecule has 2 aromatic rings. The maximum atomic E-state index is 13.0. The van der Waals surface area contributed by atoms with Gasteiger partial charge < -0.3 is 20.4 Å². The van der Waals surface area contributed by atoms with Gasteiger partial charge in [-0.1, -0.05) is 0 Å². The number of rotatable bonds is 5. The number of aryl methyl sites for hydroxylation is 1. The largest absolute Gasteiger partial charge is 0.493 e. The third kappa shape index (κ3) is 4.05. The molecule has 2 heterocycles. The Balaban J connectivity index is 1.60. The van der Waals surface area contributed by atoms with Crippen molar-refractivity contribution in [3.8, 4) is 5.88 Å². The molecule has 3 atom stereocenters. The highest BCUT2D eigenvalue weighted by atomic mass is 16.4. The molecular formula is C23H24N4O7. The van der Waals surface area contributed by atoms with Crippen molar-refractivity contribution in [3.05, 3.63) is 46.7 Å². The Morgan fingerprint density at radius 2 is 1.79 bits per heavy atom. The normalized spacial score (nSPS) is 23.9. The first-order chi connectivity index (χ1) is 16.1. The van der Waals surface area contributed by atoms with E-state index in [0.29, 0.717) is 35.5 Å². The van der Waals surface area contributed by atoms with Crippen LogP contribution in [0.4, 0.5) is 5.69 Å². The molecule has 1 fully saturated rings. The Morgan fingerprint density at radius 1 is 1.12 bits per heavy atom. The molecule has 178 valence electrons. The highest BCUT2D eigenvalue weighted by Gasteiger charge is 2.36. The number of carboxylic acid groups (broad SMARTS) is 2. The van der Waals surface area contributed by atoms with Crippen molar-refractivity contribution in [1.29, 1.82) is 0 Å². The van der Waals surface area contributed by atoms with Crippen LogP contribution in [0, 0.1) is 12.8 Å². The summed E-state index contributed by atoms with van der Waals surface area (Å²) in [5.74, 6) is -3.36. The summed E-state index contributed by atoms with van der Waals surface area (Å²) in [6.07, 6.45) is 1.25. The summed E-state index contributed by atoms with van der Waals surface area (Å²) >= 11 is 0. The summed E-state index contributed by atoms with van der Waals surface area (Å²) in [5.41, 5.74) is 1.85. The van der Waals surface area contributed by atoms with E-state index in [2.05, 4.69) is 10.2 Å². The molecule has 1 aromatic heterocycles. The van der Waals surface area contributed by atoms with Crippen LogP contribution in [0.5, 0.6) is 5.88 Å². The predicted molar refractivity (Wildman–Crippen MR) is 121 cm³/mol. The van der Waals surface area contributed by atoms with Crippen LogP contribution in [0.3, 0.4) is 0 Å². The molecule has 1 saturated carbocycles. The van der Waals surface area contributed by atoms with Gasteiger partial charge in [-0.15, -0.1) is 0 Å². The van der Waals surface area contributed by atoms with E-state index in [4.69, 9.17) is 5.11 Å². The number of hydrogen-bond donors (Lipinski definition) is 4. The number of aromatic carboxylic acids is 1. The first-order valence-electron chi connectivity index (χ1n) is 10.7. The number of aliphatic carboxylic acids is 1. The number of aromatic hydroxyl groups is 1. The fourth-order valence-corrected chi connectivity index (χ4v) is 4.34. The Labute approximate surface area is 194 Å². The van der Waals surface area contributed by atoms with Gasteiger partial charge in [-0.3, -0.25) is 9.59 Å². The number of amides is 1. The average molecular weight is 468 g/mol. The van der Waals surface area contributed by atoms with Gasteiger partial charge in [0.05, 0.1) is 51.9 Å². The number of carbonyl (C=O) groups excluding carboxylic acids is 1. The first kappa shape index (κ1) is 23.2. The summed E-state index contributed by atoms with van der Waals surface area (Å²) in [7, 11) is 0. The molecule has 11 nitrogen and oxygen atoms in total. The lowest BCUT2D eigenvalue weighted by Gasteiger charge is -2.31. The molecule has 4 rings (SSSR count). The Hall–Kier alpha value is -3.99. The fraction of sp³-hybridized carbons (Fsp3) is 0.348. The van der Waals surface area contributed by atoms with E-state index in [0.717, 1.165) is 5.01 Å². The van der Waals surface area contributed by atoms with Crippen molar-refractivity contribution in [2.45, 2.75) is 45.3 Å². The molecule has 1 aromatic carbocycles. The van der Waals surface area contributed by atoms with Crippen LogP contribution in [-0.4, -0.2) is 59.9 Å². The average Bonchev–Trinajstić information content (AvgIpc) is 3.24. The number of aliphatic hydroxyl groups is 1. The lowest BCUT2D eigenvalue weighted by atomic mass is 9.84. The predicted octanol–water partition coefficient (Wildman–Crippen LogP) is 2.19. The summed E-state index contributed by atoms with van der Waals surface area (Å²) in [6.45, 7) is 3.30. The summed E-state index contributed by atoms with van der Waals surface area (Å²) < 4.78 is 1.29. The van der Waals surface area contributed by atoms with Gasteiger partial charge in [-0.25, -0.2) is 9.48 Å². The maximum Gasteiger partial charge on any atom is 0.335 e. The quantitative estimate of drug-likeness (QED) is 0.485. The first-order valence-corrected chi connectivity index (χ1v) is 10.7. The fourth-order valence-electron chi connectivity index (χ4n) is 4.34. The maximum absolute atomic E-state index is 13.0. The zero-order valence-corrected chi connectivity index (χ0v) is 18.5. The van der Waals surface area contributed by atoms with E-state index in [1.165, 1.54) is 35.0 Å². The lowest BCUT2D eigenvalue weighted by Crippen LogP contribution is -2.34. The number of carboxylic acids is 2. The number of anilines is 1. The monoisotopic (exact) mass is 468 g/mol. The molecule has 3 unspecified atom stereocenters. The van der Waals surface area contributed by atoms with Crippen LogP contribution in [0.15, 0.2) is 34.9 Å². The highest BCUT2D eigenvalue weighted by molar-refractivity contribution is 6.32. The summed E-state index contributed by atoms with van der Waals surface area (Å²) in [5, 5.41) is 49.4. The molecule has 1 aliphatic carbocycles. The van der Waals surface area contributed by atoms with E-state index in [1.54, 1.807) is 13.8 Å². The van der Waals surface area contributed by atoms with Gasteiger partial charge in [0.15, 0.2) is 0 Å². The van der Waals surface area contributed by atoms with E-state index in [1.807, 2.05) is 0 Å². The zero-order valence-electron chi connectivity index (χ0n) is 18.5. The number of carbonyl (C=O) groups is 3. The van der Waals surface area contributed by atoms with E-state index in [-0.39, 0.29) is 23.4 Å². The molecule has 0 radical (unpaired) electrons. The van der Waals surface area contributed by atoms with Crippen LogP contribution >= 0.6 is 0 Å². The molecule has 34 heavy (non-hydrogen) atoms. The number of hydrogen-bond acceptors (Lipinski definition) is 7. The van der Waals surface area contributed by atoms with Crippen LogP contribution < -0.4 is 5.01 Å². The second kappa shape index (κ2) is 8.75. The van der Waals surface area contributed by atoms with Crippen molar-refractivity contribution in [3.63, 3.8) is 0 Å². The smallest absolute Gasteiger partial charge is 0.335 e. The summed E-state index contributed by atoms with van der Waals surface area (Å²) in [6, 6.07) is 5.14. The Bertz CT molecular complexity index is 1230. The van der Waals surface area contributed by atoms with Crippen LogP contribution in [-0.2, 0) is 9.59 Å². The van der Waals surface area contributed by atoms with E-state index < -0.39 is 35.9 Å². The van der Waals surface area contributed by atoms with Gasteiger partial charge in [0.25, 0.3) is 5.91 Å². The number of hydrazone groups is 1. The second-order valence-corrected chi connectivity index (χ2v) is 8.46. The molecule has 0 spiro atoms. The topological polar surface area (TPSA) is 166 Å². The Kier molecular flexibility index (Phi) is 5.96. The Morgan fingerprint density at radius 3 is 2.38 bits per heavy atom. The van der Waals surface area contributed by atoms with Crippen molar-refractivity contribution < 1.29 is 34.8 Å².